The van der Waals surface area contributed by atoms with Gasteiger partial charge in [-0.2, -0.15) is 0 Å². The van der Waals surface area contributed by atoms with E-state index in [0.29, 0.717) is 10.7 Å². The number of rotatable bonds is 5. The first-order valence-electron chi connectivity index (χ1n) is 5.94. The summed E-state index contributed by atoms with van der Waals surface area (Å²) in [4.78, 5) is 12.4. The molecule has 0 amide bonds. The molecule has 2 N–H and O–H groups in total. The number of nitrogens with one attached hydrogen (secondary N) is 1. The van der Waals surface area contributed by atoms with Crippen LogP contribution in [0.5, 0.6) is 0 Å². The summed E-state index contributed by atoms with van der Waals surface area (Å²) in [5, 5.41) is 14.9. The Morgan fingerprint density at radius 3 is 2.84 bits per heavy atom. The summed E-state index contributed by atoms with van der Waals surface area (Å²) >= 11 is 7.50. The molecule has 0 saturated heterocycles. The van der Waals surface area contributed by atoms with Gasteiger partial charge in [0.15, 0.2) is 0 Å². The number of anilines is 1. The van der Waals surface area contributed by atoms with Crippen LogP contribution in [0.1, 0.15) is 34.6 Å². The van der Waals surface area contributed by atoms with Crippen LogP contribution in [0.3, 0.4) is 0 Å². The molecule has 1 atom stereocenters. The third-order valence-corrected chi connectivity index (χ3v) is 4.06. The molecule has 0 spiro atoms. The number of carboxylic acid groups (broad SMARTS) is 1. The van der Waals surface area contributed by atoms with Crippen LogP contribution < -0.4 is 5.32 Å². The summed E-state index contributed by atoms with van der Waals surface area (Å²) in [6, 6.07) is 9.01. The zero-order valence-electron chi connectivity index (χ0n) is 10.4. The Morgan fingerprint density at radius 2 is 2.26 bits per heavy atom. The lowest BCUT2D eigenvalue weighted by Gasteiger charge is -2.18. The Labute approximate surface area is 120 Å². The number of halogens is 1. The van der Waals surface area contributed by atoms with Gasteiger partial charge in [0, 0.05) is 15.6 Å². The predicted molar refractivity (Wildman–Crippen MR) is 79.4 cm³/mol. The van der Waals surface area contributed by atoms with Gasteiger partial charge in [-0.3, -0.25) is 0 Å². The maximum Gasteiger partial charge on any atom is 0.337 e. The van der Waals surface area contributed by atoms with Gasteiger partial charge in [-0.1, -0.05) is 24.6 Å². The summed E-state index contributed by atoms with van der Waals surface area (Å²) < 4.78 is 0. The highest BCUT2D eigenvalue weighted by Crippen LogP contribution is 2.29. The van der Waals surface area contributed by atoms with Crippen LogP contribution in [0.4, 0.5) is 5.69 Å². The second-order valence-electron chi connectivity index (χ2n) is 4.12. The normalized spacial score (nSPS) is 12.1. The Hall–Kier alpha value is -1.52. The molecule has 1 aromatic heterocycles. The molecule has 0 aliphatic carbocycles. The van der Waals surface area contributed by atoms with Crippen molar-refractivity contribution < 1.29 is 9.90 Å². The lowest BCUT2D eigenvalue weighted by molar-refractivity contribution is 0.0698. The zero-order valence-corrected chi connectivity index (χ0v) is 12.0. The van der Waals surface area contributed by atoms with E-state index in [1.807, 2.05) is 17.5 Å². The van der Waals surface area contributed by atoms with Crippen LogP contribution in [0.15, 0.2) is 35.7 Å². The minimum atomic E-state index is -0.981. The van der Waals surface area contributed by atoms with E-state index in [1.165, 1.54) is 10.9 Å². The first kappa shape index (κ1) is 13.9. The van der Waals surface area contributed by atoms with Gasteiger partial charge in [0.1, 0.15) is 0 Å². The molecule has 5 heteroatoms. The molecular formula is C14H14ClNO2S. The lowest BCUT2D eigenvalue weighted by atomic mass is 10.1. The van der Waals surface area contributed by atoms with Gasteiger partial charge in [-0.25, -0.2) is 4.79 Å². The van der Waals surface area contributed by atoms with E-state index in [1.54, 1.807) is 23.5 Å². The largest absolute Gasteiger partial charge is 0.478 e. The molecule has 0 bridgehead atoms. The van der Waals surface area contributed by atoms with Crippen molar-refractivity contribution in [2.45, 2.75) is 19.4 Å². The molecule has 0 aliphatic rings. The molecule has 0 aliphatic heterocycles. The van der Waals surface area contributed by atoms with Gasteiger partial charge in [0.2, 0.25) is 0 Å². The summed E-state index contributed by atoms with van der Waals surface area (Å²) in [7, 11) is 0. The molecular weight excluding hydrogens is 282 g/mol. The summed E-state index contributed by atoms with van der Waals surface area (Å²) in [6.45, 7) is 2.06. The number of carboxylic acids is 1. The molecule has 0 fully saturated rings. The highest BCUT2D eigenvalue weighted by atomic mass is 35.5. The van der Waals surface area contributed by atoms with Crippen molar-refractivity contribution in [3.8, 4) is 0 Å². The summed E-state index contributed by atoms with van der Waals surface area (Å²) in [5.41, 5.74) is 0.791. The van der Waals surface area contributed by atoms with Crippen molar-refractivity contribution in [1.82, 2.24) is 0 Å². The summed E-state index contributed by atoms with van der Waals surface area (Å²) in [5.74, 6) is -0.981. The minimum Gasteiger partial charge on any atom is -0.478 e. The zero-order chi connectivity index (χ0) is 13.8. The molecule has 2 rings (SSSR count). The van der Waals surface area contributed by atoms with Crippen LogP contribution >= 0.6 is 22.9 Å². The van der Waals surface area contributed by atoms with Gasteiger partial charge in [0.05, 0.1) is 11.6 Å². The second-order valence-corrected chi connectivity index (χ2v) is 5.53. The fourth-order valence-corrected chi connectivity index (χ4v) is 2.90. The number of hydrogen-bond donors (Lipinski definition) is 2. The second kappa shape index (κ2) is 6.08. The average molecular weight is 296 g/mol. The van der Waals surface area contributed by atoms with Crippen molar-refractivity contribution >= 4 is 34.6 Å². The quantitative estimate of drug-likeness (QED) is 0.843. The Morgan fingerprint density at radius 1 is 1.47 bits per heavy atom. The number of thiophene rings is 1. The Balaban J connectivity index is 2.29. The van der Waals surface area contributed by atoms with Gasteiger partial charge in [-0.15, -0.1) is 11.3 Å². The van der Waals surface area contributed by atoms with E-state index in [4.69, 9.17) is 11.6 Å². The molecule has 19 heavy (non-hydrogen) atoms. The fraction of sp³-hybridized carbons (Fsp3) is 0.214. The summed E-state index contributed by atoms with van der Waals surface area (Å²) in [6.07, 6.45) is 0.877. The van der Waals surface area contributed by atoms with E-state index in [-0.39, 0.29) is 11.6 Å². The maximum atomic E-state index is 11.2. The molecule has 3 nitrogen and oxygen atoms in total. The van der Waals surface area contributed by atoms with Crippen LogP contribution in [0, 0.1) is 0 Å². The standard InChI is InChI=1S/C14H14ClNO2S/c1-2-11(13-4-3-7-19-13)16-12-6-5-9(15)8-10(12)14(17)18/h3-8,11,16H,2H2,1H3,(H,17,18). The van der Waals surface area contributed by atoms with Crippen molar-refractivity contribution in [3.63, 3.8) is 0 Å². The Bertz CT molecular complexity index is 569. The van der Waals surface area contributed by atoms with Crippen molar-refractivity contribution in [1.29, 1.82) is 0 Å². The SMILES string of the molecule is CCC(Nc1ccc(Cl)cc1C(=O)O)c1cccs1. The molecule has 1 heterocycles. The molecule has 100 valence electrons. The molecule has 0 saturated carbocycles. The average Bonchev–Trinajstić information content (AvgIpc) is 2.90. The van der Waals surface area contributed by atoms with Gasteiger partial charge >= 0.3 is 5.97 Å². The predicted octanol–water partition coefficient (Wildman–Crippen LogP) is 4.66. The van der Waals surface area contributed by atoms with Crippen LogP contribution in [-0.2, 0) is 0 Å². The van der Waals surface area contributed by atoms with Crippen LogP contribution in [0.2, 0.25) is 5.02 Å². The van der Waals surface area contributed by atoms with Crippen molar-refractivity contribution in [3.05, 3.63) is 51.2 Å². The van der Waals surface area contributed by atoms with Crippen molar-refractivity contribution in [2.75, 3.05) is 5.32 Å². The third-order valence-electron chi connectivity index (χ3n) is 2.84. The number of carbonyl (C=O) groups is 1. The first-order valence-corrected chi connectivity index (χ1v) is 7.20. The van der Waals surface area contributed by atoms with Crippen LogP contribution in [-0.4, -0.2) is 11.1 Å². The van der Waals surface area contributed by atoms with E-state index >= 15 is 0 Å². The maximum absolute atomic E-state index is 11.2. The molecule has 1 unspecified atom stereocenters. The molecule has 2 aromatic rings. The Kier molecular flexibility index (Phi) is 4.45. The highest BCUT2D eigenvalue weighted by molar-refractivity contribution is 7.10. The minimum absolute atomic E-state index is 0.110. The van der Waals surface area contributed by atoms with E-state index in [0.717, 1.165) is 6.42 Å². The number of benzene rings is 1. The van der Waals surface area contributed by atoms with Crippen LogP contribution in [0.25, 0.3) is 0 Å². The first-order chi connectivity index (χ1) is 9.11. The highest BCUT2D eigenvalue weighted by Gasteiger charge is 2.15. The topological polar surface area (TPSA) is 49.3 Å². The van der Waals surface area contributed by atoms with Gasteiger partial charge in [-0.05, 0) is 36.1 Å². The molecule has 0 radical (unpaired) electrons. The van der Waals surface area contributed by atoms with E-state index in [2.05, 4.69) is 12.2 Å². The van der Waals surface area contributed by atoms with E-state index in [9.17, 15) is 9.90 Å². The number of hydrogen-bond acceptors (Lipinski definition) is 3. The molecule has 1 aromatic carbocycles. The number of aromatic carboxylic acids is 1. The smallest absolute Gasteiger partial charge is 0.337 e. The third kappa shape index (κ3) is 3.28. The monoisotopic (exact) mass is 295 g/mol. The lowest BCUT2D eigenvalue weighted by Crippen LogP contribution is -2.11. The van der Waals surface area contributed by atoms with E-state index < -0.39 is 5.97 Å². The van der Waals surface area contributed by atoms with Crippen molar-refractivity contribution in [2.24, 2.45) is 0 Å². The fourth-order valence-electron chi connectivity index (χ4n) is 1.87. The van der Waals surface area contributed by atoms with Gasteiger partial charge in [0.25, 0.3) is 0 Å². The van der Waals surface area contributed by atoms with Gasteiger partial charge < -0.3 is 10.4 Å².